The second-order valence-electron chi connectivity index (χ2n) is 12.6. The predicted molar refractivity (Wildman–Crippen MR) is 143 cm³/mol. The number of amides is 2. The summed E-state index contributed by atoms with van der Waals surface area (Å²) in [6.07, 6.45) is 6.09. The van der Waals surface area contributed by atoms with Crippen molar-refractivity contribution in [1.29, 1.82) is 0 Å². The first-order valence-corrected chi connectivity index (χ1v) is 12.9. The smallest absolute Gasteiger partial charge is 0.147 e. The largest absolute Gasteiger partial charge is 0.734 e. The lowest BCUT2D eigenvalue weighted by atomic mass is 9.87. The predicted octanol–water partition coefficient (Wildman–Crippen LogP) is 8.53. The SMILES string of the molecule is CC1=CC(c2cccc(CC(C)(C)C)c2)N=[N+]1C(=O)[N+]1=NC(c2cccc(CC(C)(C)C)c2)C=C1C. The lowest BCUT2D eigenvalue weighted by Gasteiger charge is -2.18. The van der Waals surface area contributed by atoms with Gasteiger partial charge in [-0.2, -0.15) is 0 Å². The number of hydrogen-bond donors (Lipinski definition) is 0. The van der Waals surface area contributed by atoms with E-state index in [1.165, 1.54) is 20.5 Å². The van der Waals surface area contributed by atoms with Crippen molar-refractivity contribution >= 4 is 6.03 Å². The van der Waals surface area contributed by atoms with E-state index >= 15 is 0 Å². The Balaban J connectivity index is 1.56. The van der Waals surface area contributed by atoms with Crippen LogP contribution >= 0.6 is 0 Å². The molecule has 5 nitrogen and oxygen atoms in total. The van der Waals surface area contributed by atoms with Gasteiger partial charge in [0.25, 0.3) is 0 Å². The zero-order valence-corrected chi connectivity index (χ0v) is 23.0. The van der Waals surface area contributed by atoms with Crippen molar-refractivity contribution in [3.8, 4) is 0 Å². The molecule has 0 fully saturated rings. The van der Waals surface area contributed by atoms with Gasteiger partial charge in [0, 0.05) is 35.4 Å². The lowest BCUT2D eigenvalue weighted by molar-refractivity contribution is -0.586. The Kier molecular flexibility index (Phi) is 6.96. The van der Waals surface area contributed by atoms with Crippen molar-refractivity contribution in [3.63, 3.8) is 0 Å². The van der Waals surface area contributed by atoms with Gasteiger partial charge < -0.3 is 0 Å². The molecule has 2 aliphatic heterocycles. The van der Waals surface area contributed by atoms with Crippen LogP contribution in [0.2, 0.25) is 0 Å². The molecule has 2 aromatic rings. The highest BCUT2D eigenvalue weighted by Crippen LogP contribution is 2.32. The zero-order valence-electron chi connectivity index (χ0n) is 23.0. The molecule has 4 rings (SSSR count). The Labute approximate surface area is 216 Å². The van der Waals surface area contributed by atoms with Crippen molar-refractivity contribution in [2.24, 2.45) is 21.1 Å². The van der Waals surface area contributed by atoms with E-state index in [-0.39, 0.29) is 28.9 Å². The van der Waals surface area contributed by atoms with Crippen LogP contribution in [0.15, 0.2) is 82.3 Å². The molecule has 2 aromatic carbocycles. The van der Waals surface area contributed by atoms with E-state index in [0.717, 1.165) is 35.4 Å². The highest BCUT2D eigenvalue weighted by molar-refractivity contribution is 5.57. The summed E-state index contributed by atoms with van der Waals surface area (Å²) in [4.78, 5) is 13.5. The summed E-state index contributed by atoms with van der Waals surface area (Å²) >= 11 is 0. The maximum Gasteiger partial charge on any atom is 0.734 e. The molecular formula is C31H40N4O+2. The Morgan fingerprint density at radius 3 is 1.47 bits per heavy atom. The molecule has 2 atom stereocenters. The number of carbonyl (C=O) groups is 1. The minimum atomic E-state index is -0.237. The quantitative estimate of drug-likeness (QED) is 0.401. The fourth-order valence-electron chi connectivity index (χ4n) is 4.91. The summed E-state index contributed by atoms with van der Waals surface area (Å²) < 4.78 is 3.00. The first-order chi connectivity index (χ1) is 16.8. The average Bonchev–Trinajstić information content (AvgIpc) is 3.34. The Hall–Kier alpha value is -3.21. The second kappa shape index (κ2) is 9.68. The summed E-state index contributed by atoms with van der Waals surface area (Å²) in [6.45, 7) is 17.3. The lowest BCUT2D eigenvalue weighted by Crippen LogP contribution is -2.25. The third kappa shape index (κ3) is 6.13. The summed E-state index contributed by atoms with van der Waals surface area (Å²) in [5.74, 6) is 0. The van der Waals surface area contributed by atoms with Crippen LogP contribution in [0, 0.1) is 10.8 Å². The van der Waals surface area contributed by atoms with Gasteiger partial charge in [-0.3, -0.25) is 0 Å². The van der Waals surface area contributed by atoms with Crippen LogP contribution in [0.5, 0.6) is 0 Å². The molecule has 0 saturated heterocycles. The van der Waals surface area contributed by atoms with Crippen LogP contribution in [0.3, 0.4) is 0 Å². The van der Waals surface area contributed by atoms with Gasteiger partial charge in [0.15, 0.2) is 12.1 Å². The molecule has 0 radical (unpaired) electrons. The van der Waals surface area contributed by atoms with Crippen LogP contribution < -0.4 is 0 Å². The highest BCUT2D eigenvalue weighted by atomic mass is 16.2. The number of azo groups is 4. The minimum absolute atomic E-state index is 0.175. The standard InChI is InChI=1S/C31H40N4O/c1-21-15-27(25-13-9-11-23(17-25)19-30(3,4)5)32-34(21)29(36)35-22(2)16-28(33-35)26-14-10-12-24(18-26)20-31(6,7)8/h9-18,27-28H,19-20H2,1-8H3/q+2. The molecule has 0 spiro atoms. The topological polar surface area (TPSA) is 47.8 Å². The van der Waals surface area contributed by atoms with E-state index in [4.69, 9.17) is 10.2 Å². The first-order valence-electron chi connectivity index (χ1n) is 12.9. The molecule has 2 unspecified atom stereocenters. The number of nitrogens with zero attached hydrogens (tertiary/aromatic N) is 4. The van der Waals surface area contributed by atoms with Gasteiger partial charge in [0.2, 0.25) is 11.4 Å². The van der Waals surface area contributed by atoms with Crippen LogP contribution in [0.4, 0.5) is 4.79 Å². The first kappa shape index (κ1) is 25.9. The Morgan fingerprint density at radius 2 is 1.11 bits per heavy atom. The van der Waals surface area contributed by atoms with Gasteiger partial charge in [0.1, 0.15) is 0 Å². The summed E-state index contributed by atoms with van der Waals surface area (Å²) in [5, 5.41) is 9.54. The third-order valence-corrected chi connectivity index (χ3v) is 6.36. The number of hydrogen-bond acceptors (Lipinski definition) is 3. The summed E-state index contributed by atoms with van der Waals surface area (Å²) in [5.41, 5.74) is 6.85. The van der Waals surface area contributed by atoms with Crippen molar-refractivity contribution in [1.82, 2.24) is 0 Å². The van der Waals surface area contributed by atoms with E-state index in [9.17, 15) is 4.79 Å². The number of carbonyl (C=O) groups excluding carboxylic acids is 1. The molecule has 36 heavy (non-hydrogen) atoms. The van der Waals surface area contributed by atoms with Crippen LogP contribution in [-0.2, 0) is 12.8 Å². The van der Waals surface area contributed by atoms with E-state index < -0.39 is 0 Å². The Morgan fingerprint density at radius 1 is 0.722 bits per heavy atom. The van der Waals surface area contributed by atoms with Gasteiger partial charge in [-0.15, -0.1) is 4.79 Å². The molecule has 2 amide bonds. The molecule has 2 aliphatic rings. The summed E-state index contributed by atoms with van der Waals surface area (Å²) in [6, 6.07) is 16.5. The van der Waals surface area contributed by atoms with Gasteiger partial charge in [0.05, 0.1) is 0 Å². The maximum absolute atomic E-state index is 13.5. The van der Waals surface area contributed by atoms with E-state index in [0.29, 0.717) is 0 Å². The molecule has 0 bridgehead atoms. The van der Waals surface area contributed by atoms with E-state index in [1.807, 2.05) is 13.8 Å². The fraction of sp³-hybridized carbons (Fsp3) is 0.452. The number of rotatable bonds is 4. The fourth-order valence-corrected chi connectivity index (χ4v) is 4.91. The second-order valence-corrected chi connectivity index (χ2v) is 12.6. The van der Waals surface area contributed by atoms with Crippen LogP contribution in [0.1, 0.15) is 89.7 Å². The van der Waals surface area contributed by atoms with Crippen molar-refractivity contribution in [2.45, 2.75) is 80.3 Å². The molecule has 188 valence electrons. The van der Waals surface area contributed by atoms with Gasteiger partial charge >= 0.3 is 6.03 Å². The maximum atomic E-state index is 13.5. The summed E-state index contributed by atoms with van der Waals surface area (Å²) in [7, 11) is 0. The molecule has 5 heteroatoms. The average molecular weight is 485 g/mol. The monoisotopic (exact) mass is 484 g/mol. The number of allylic oxidation sites excluding steroid dienone is 2. The third-order valence-electron chi connectivity index (χ3n) is 6.36. The Bertz CT molecular complexity index is 1200. The van der Waals surface area contributed by atoms with Gasteiger partial charge in [-0.25, -0.2) is 0 Å². The van der Waals surface area contributed by atoms with Crippen LogP contribution in [-0.4, -0.2) is 15.4 Å². The zero-order chi connectivity index (χ0) is 26.3. The van der Waals surface area contributed by atoms with E-state index in [1.54, 1.807) is 0 Å². The van der Waals surface area contributed by atoms with Crippen molar-refractivity contribution in [3.05, 3.63) is 94.3 Å². The molecule has 0 saturated carbocycles. The molecular weight excluding hydrogens is 444 g/mol. The molecule has 2 heterocycles. The minimum Gasteiger partial charge on any atom is -0.147 e. The normalized spacial score (nSPS) is 20.1. The highest BCUT2D eigenvalue weighted by Gasteiger charge is 2.46. The van der Waals surface area contributed by atoms with E-state index in [2.05, 4.69) is 102 Å². The van der Waals surface area contributed by atoms with Crippen molar-refractivity contribution < 1.29 is 14.2 Å². The van der Waals surface area contributed by atoms with Gasteiger partial charge in [-0.05, 0) is 56.2 Å². The molecule has 0 aliphatic carbocycles. The number of urea groups is 1. The number of benzene rings is 2. The molecule has 0 N–H and O–H groups in total. The molecule has 0 aromatic heterocycles. The van der Waals surface area contributed by atoms with Gasteiger partial charge in [-0.1, -0.05) is 90.1 Å². The van der Waals surface area contributed by atoms with Crippen molar-refractivity contribution in [2.75, 3.05) is 0 Å². The van der Waals surface area contributed by atoms with Crippen LogP contribution in [0.25, 0.3) is 0 Å².